The number of anilines is 3. The second-order valence-electron chi connectivity index (χ2n) is 10.8. The molecule has 45 heavy (non-hydrogen) atoms. The van der Waals surface area contributed by atoms with E-state index in [1.807, 2.05) is 114 Å². The standard InChI is InChI=1S/C37H35N3O3S2/c1-2-3-24-43-29-22-20-27(21-23-29)38-36(41)35(26-12-5-4-6-13-26)44-30-15-11-14-28(25-30)39-37(42)40-31-16-7-9-18-33(31)45-34-19-10-8-17-32(34)40/h4-23,25,31,33,35H,2-3,24H2,1H3,(H,38,41)(H,39,42). The highest BCUT2D eigenvalue weighted by Gasteiger charge is 2.36. The van der Waals surface area contributed by atoms with Crippen LogP contribution in [0, 0.1) is 0 Å². The van der Waals surface area contributed by atoms with Gasteiger partial charge in [-0.1, -0.05) is 86.2 Å². The van der Waals surface area contributed by atoms with Crippen molar-refractivity contribution < 1.29 is 14.3 Å². The summed E-state index contributed by atoms with van der Waals surface area (Å²) < 4.78 is 5.77. The molecule has 6 nitrogen and oxygen atoms in total. The summed E-state index contributed by atoms with van der Waals surface area (Å²) in [6, 6.07) is 32.6. The average molecular weight is 634 g/mol. The Labute approximate surface area is 272 Å². The van der Waals surface area contributed by atoms with Crippen LogP contribution in [0.15, 0.2) is 137 Å². The topological polar surface area (TPSA) is 70.7 Å². The van der Waals surface area contributed by atoms with Crippen molar-refractivity contribution in [3.05, 3.63) is 133 Å². The second kappa shape index (κ2) is 14.6. The lowest BCUT2D eigenvalue weighted by Crippen LogP contribution is -2.49. The van der Waals surface area contributed by atoms with Gasteiger partial charge in [0.2, 0.25) is 5.91 Å². The summed E-state index contributed by atoms with van der Waals surface area (Å²) in [4.78, 5) is 31.3. The molecule has 0 fully saturated rings. The molecule has 3 atom stereocenters. The minimum Gasteiger partial charge on any atom is -0.494 e. The molecule has 0 saturated carbocycles. The van der Waals surface area contributed by atoms with Crippen LogP contribution in [0.1, 0.15) is 30.6 Å². The zero-order valence-corrected chi connectivity index (χ0v) is 26.6. The molecule has 3 amide bonds. The van der Waals surface area contributed by atoms with E-state index in [0.717, 1.165) is 39.6 Å². The molecule has 1 aliphatic carbocycles. The Hall–Kier alpha value is -4.40. The van der Waals surface area contributed by atoms with Crippen LogP contribution < -0.4 is 20.3 Å². The Bertz CT molecular complexity index is 1690. The van der Waals surface area contributed by atoms with Crippen molar-refractivity contribution in [2.45, 2.75) is 46.1 Å². The van der Waals surface area contributed by atoms with Gasteiger partial charge in [0.15, 0.2) is 0 Å². The molecule has 8 heteroatoms. The number of rotatable bonds is 10. The van der Waals surface area contributed by atoms with Gasteiger partial charge >= 0.3 is 6.03 Å². The van der Waals surface area contributed by atoms with E-state index in [1.165, 1.54) is 11.8 Å². The number of para-hydroxylation sites is 1. The van der Waals surface area contributed by atoms with Crippen molar-refractivity contribution in [2.75, 3.05) is 22.1 Å². The van der Waals surface area contributed by atoms with Gasteiger partial charge in [0.05, 0.1) is 23.6 Å². The molecule has 0 aromatic heterocycles. The molecule has 4 aromatic rings. The number of carbonyl (C=O) groups excluding carboxylic acids is 2. The van der Waals surface area contributed by atoms with Crippen molar-refractivity contribution in [1.82, 2.24) is 0 Å². The third-order valence-corrected chi connectivity index (χ3v) is 10.1. The van der Waals surface area contributed by atoms with Crippen LogP contribution in [0.4, 0.5) is 21.9 Å². The van der Waals surface area contributed by atoms with Gasteiger partial charge in [-0.3, -0.25) is 9.69 Å². The van der Waals surface area contributed by atoms with E-state index in [1.54, 1.807) is 11.8 Å². The normalized spacial score (nSPS) is 17.1. The highest BCUT2D eigenvalue weighted by atomic mass is 32.2. The average Bonchev–Trinajstić information content (AvgIpc) is 3.07. The number of carbonyl (C=O) groups is 2. The van der Waals surface area contributed by atoms with Crippen LogP contribution in [0.5, 0.6) is 5.75 Å². The maximum atomic E-state index is 13.8. The summed E-state index contributed by atoms with van der Waals surface area (Å²) in [5.74, 6) is 0.651. The molecule has 1 aliphatic heterocycles. The quantitative estimate of drug-likeness (QED) is 0.135. The molecule has 228 valence electrons. The molecule has 4 aromatic carbocycles. The fourth-order valence-corrected chi connectivity index (χ4v) is 7.61. The third-order valence-electron chi connectivity index (χ3n) is 7.53. The molecule has 2 aliphatic rings. The van der Waals surface area contributed by atoms with E-state index < -0.39 is 5.25 Å². The highest BCUT2D eigenvalue weighted by molar-refractivity contribution is 8.00. The SMILES string of the molecule is CCCCOc1ccc(NC(=O)C(Sc2cccc(NC(=O)N3c4ccccc4SC4C=CC=CC43)c2)c2ccccc2)cc1. The summed E-state index contributed by atoms with van der Waals surface area (Å²) in [7, 11) is 0. The number of nitrogens with one attached hydrogen (secondary N) is 2. The monoisotopic (exact) mass is 633 g/mol. The summed E-state index contributed by atoms with van der Waals surface area (Å²) in [5.41, 5.74) is 3.15. The lowest BCUT2D eigenvalue weighted by molar-refractivity contribution is -0.115. The summed E-state index contributed by atoms with van der Waals surface area (Å²) >= 11 is 3.22. The largest absolute Gasteiger partial charge is 0.494 e. The number of hydrogen-bond donors (Lipinski definition) is 2. The first kappa shape index (κ1) is 30.6. The Balaban J connectivity index is 1.18. The predicted molar refractivity (Wildman–Crippen MR) is 187 cm³/mol. The first-order valence-corrected chi connectivity index (χ1v) is 16.9. The Kier molecular flexibility index (Phi) is 9.92. The van der Waals surface area contributed by atoms with Gasteiger partial charge in [0, 0.05) is 21.2 Å². The van der Waals surface area contributed by atoms with Crippen molar-refractivity contribution in [3.8, 4) is 5.75 Å². The van der Waals surface area contributed by atoms with Gasteiger partial charge in [-0.25, -0.2) is 4.79 Å². The van der Waals surface area contributed by atoms with E-state index in [2.05, 4.69) is 35.8 Å². The zero-order chi connectivity index (χ0) is 31.0. The maximum absolute atomic E-state index is 13.8. The van der Waals surface area contributed by atoms with Gasteiger partial charge in [-0.05, 0) is 66.6 Å². The van der Waals surface area contributed by atoms with Crippen LogP contribution in [0.2, 0.25) is 0 Å². The number of benzene rings is 4. The Morgan fingerprint density at radius 3 is 2.47 bits per heavy atom. The van der Waals surface area contributed by atoms with E-state index >= 15 is 0 Å². The molecule has 0 bridgehead atoms. The lowest BCUT2D eigenvalue weighted by Gasteiger charge is -2.40. The molecule has 0 radical (unpaired) electrons. The number of thioether (sulfide) groups is 2. The fourth-order valence-electron chi connectivity index (χ4n) is 5.27. The summed E-state index contributed by atoms with van der Waals surface area (Å²) in [6.45, 7) is 2.80. The molecule has 6 rings (SSSR count). The van der Waals surface area contributed by atoms with Gasteiger partial charge in [-0.2, -0.15) is 0 Å². The van der Waals surface area contributed by atoms with Crippen LogP contribution in [-0.2, 0) is 4.79 Å². The molecular weight excluding hydrogens is 599 g/mol. The predicted octanol–water partition coefficient (Wildman–Crippen LogP) is 9.34. The first-order valence-electron chi connectivity index (χ1n) is 15.2. The van der Waals surface area contributed by atoms with E-state index in [9.17, 15) is 9.59 Å². The summed E-state index contributed by atoms with van der Waals surface area (Å²) in [6.07, 6.45) is 10.3. The highest BCUT2D eigenvalue weighted by Crippen LogP contribution is 2.44. The van der Waals surface area contributed by atoms with Gasteiger partial charge < -0.3 is 15.4 Å². The van der Waals surface area contributed by atoms with E-state index in [0.29, 0.717) is 18.0 Å². The second-order valence-corrected chi connectivity index (χ2v) is 13.2. The zero-order valence-electron chi connectivity index (χ0n) is 25.0. The minimum atomic E-state index is -0.511. The first-order chi connectivity index (χ1) is 22.1. The summed E-state index contributed by atoms with van der Waals surface area (Å²) in [5, 5.41) is 5.84. The van der Waals surface area contributed by atoms with Crippen LogP contribution >= 0.6 is 23.5 Å². The Morgan fingerprint density at radius 1 is 0.867 bits per heavy atom. The third kappa shape index (κ3) is 7.47. The molecule has 2 N–H and O–H groups in total. The maximum Gasteiger partial charge on any atom is 0.326 e. The number of hydrogen-bond acceptors (Lipinski definition) is 5. The molecule has 1 heterocycles. The number of amides is 3. The minimum absolute atomic E-state index is 0.0874. The van der Waals surface area contributed by atoms with E-state index in [4.69, 9.17) is 4.74 Å². The van der Waals surface area contributed by atoms with Crippen molar-refractivity contribution in [3.63, 3.8) is 0 Å². The van der Waals surface area contributed by atoms with Crippen molar-refractivity contribution >= 4 is 52.5 Å². The van der Waals surface area contributed by atoms with Crippen molar-refractivity contribution in [2.24, 2.45) is 0 Å². The van der Waals surface area contributed by atoms with E-state index in [-0.39, 0.29) is 23.2 Å². The van der Waals surface area contributed by atoms with Crippen LogP contribution in [-0.4, -0.2) is 29.8 Å². The number of fused-ring (bicyclic) bond motifs is 2. The van der Waals surface area contributed by atoms with Gasteiger partial charge in [0.1, 0.15) is 11.0 Å². The number of allylic oxidation sites excluding steroid dienone is 2. The smallest absolute Gasteiger partial charge is 0.326 e. The number of urea groups is 1. The number of unbranched alkanes of at least 4 members (excludes halogenated alkanes) is 1. The Morgan fingerprint density at radius 2 is 1.64 bits per heavy atom. The van der Waals surface area contributed by atoms with Crippen molar-refractivity contribution in [1.29, 1.82) is 0 Å². The number of nitrogens with zero attached hydrogens (tertiary/aromatic N) is 1. The van der Waals surface area contributed by atoms with Crippen LogP contribution in [0.25, 0.3) is 0 Å². The lowest BCUT2D eigenvalue weighted by atomic mass is 10.1. The molecule has 0 saturated heterocycles. The van der Waals surface area contributed by atoms with Gasteiger partial charge in [0.25, 0.3) is 0 Å². The molecular formula is C37H35N3O3S2. The van der Waals surface area contributed by atoms with Gasteiger partial charge in [-0.15, -0.1) is 23.5 Å². The molecule has 0 spiro atoms. The fraction of sp³-hybridized carbons (Fsp3) is 0.189. The molecule has 3 unspecified atom stereocenters. The number of ether oxygens (including phenoxy) is 1. The van der Waals surface area contributed by atoms with Crippen LogP contribution in [0.3, 0.4) is 0 Å².